The first-order valence-corrected chi connectivity index (χ1v) is 7.00. The van der Waals surface area contributed by atoms with Gasteiger partial charge in [0.2, 0.25) is 0 Å². The van der Waals surface area contributed by atoms with Crippen molar-refractivity contribution in [2.24, 2.45) is 0 Å². The predicted molar refractivity (Wildman–Crippen MR) is 84.5 cm³/mol. The van der Waals surface area contributed by atoms with Crippen molar-refractivity contribution in [3.05, 3.63) is 36.5 Å². The average molecular weight is 287 g/mol. The van der Waals surface area contributed by atoms with Crippen molar-refractivity contribution >= 4 is 22.7 Å². The molecule has 0 aliphatic rings. The Morgan fingerprint density at radius 3 is 2.71 bits per heavy atom. The monoisotopic (exact) mass is 287 g/mol. The zero-order valence-electron chi connectivity index (χ0n) is 12.6. The third-order valence-electron chi connectivity index (χ3n) is 2.76. The van der Waals surface area contributed by atoms with Crippen molar-refractivity contribution < 1.29 is 9.53 Å². The molecule has 2 N–H and O–H groups in total. The van der Waals surface area contributed by atoms with Gasteiger partial charge in [-0.15, -0.1) is 0 Å². The lowest BCUT2D eigenvalue weighted by Gasteiger charge is -2.19. The number of fused-ring (bicyclic) bond motifs is 1. The number of ether oxygens (including phenoxy) is 1. The molecular formula is C16H21N3O2. The van der Waals surface area contributed by atoms with Crippen LogP contribution in [0.2, 0.25) is 0 Å². The van der Waals surface area contributed by atoms with Crippen LogP contribution in [-0.4, -0.2) is 29.8 Å². The van der Waals surface area contributed by atoms with Crippen LogP contribution in [0.5, 0.6) is 0 Å². The average Bonchev–Trinajstić information content (AvgIpc) is 2.42. The Hall–Kier alpha value is -2.30. The Bertz CT molecular complexity index is 615. The number of alkyl carbamates (subject to hydrolysis) is 1. The highest BCUT2D eigenvalue weighted by molar-refractivity contribution is 5.91. The Labute approximate surface area is 124 Å². The molecule has 112 valence electrons. The Morgan fingerprint density at radius 2 is 1.95 bits per heavy atom. The normalized spacial score (nSPS) is 11.2. The van der Waals surface area contributed by atoms with E-state index in [4.69, 9.17) is 4.74 Å². The van der Waals surface area contributed by atoms with Gasteiger partial charge in [0.05, 0.1) is 0 Å². The zero-order valence-corrected chi connectivity index (χ0v) is 12.6. The van der Waals surface area contributed by atoms with Gasteiger partial charge < -0.3 is 15.4 Å². The number of pyridine rings is 1. The molecule has 0 aliphatic heterocycles. The number of aromatic nitrogens is 1. The highest BCUT2D eigenvalue weighted by atomic mass is 16.6. The van der Waals surface area contributed by atoms with Crippen molar-refractivity contribution in [2.45, 2.75) is 26.4 Å². The van der Waals surface area contributed by atoms with E-state index in [1.54, 1.807) is 6.20 Å². The summed E-state index contributed by atoms with van der Waals surface area (Å²) in [5.74, 6) is 0.819. The summed E-state index contributed by atoms with van der Waals surface area (Å²) >= 11 is 0. The van der Waals surface area contributed by atoms with Crippen LogP contribution in [0.15, 0.2) is 36.5 Å². The lowest BCUT2D eigenvalue weighted by atomic mass is 10.1. The molecule has 2 aromatic rings. The summed E-state index contributed by atoms with van der Waals surface area (Å²) in [5.41, 5.74) is -0.477. The van der Waals surface area contributed by atoms with E-state index < -0.39 is 11.7 Å². The standard InChI is InChI=1S/C16H21N3O2/c1-16(2,3)21-15(20)19-11-10-18-14-13-7-5-4-6-12(13)8-9-17-14/h4-9H,10-11H2,1-3H3,(H,17,18)(H,19,20). The molecule has 0 radical (unpaired) electrons. The first-order chi connectivity index (χ1) is 9.96. The Morgan fingerprint density at radius 1 is 1.19 bits per heavy atom. The second-order valence-corrected chi connectivity index (χ2v) is 5.74. The summed E-state index contributed by atoms with van der Waals surface area (Å²) in [6.07, 6.45) is 1.36. The number of carbonyl (C=O) groups excluding carboxylic acids is 1. The molecule has 21 heavy (non-hydrogen) atoms. The van der Waals surface area contributed by atoms with Gasteiger partial charge in [-0.05, 0) is 32.2 Å². The topological polar surface area (TPSA) is 63.2 Å². The number of anilines is 1. The van der Waals surface area contributed by atoms with Gasteiger partial charge in [0.1, 0.15) is 11.4 Å². The quantitative estimate of drug-likeness (QED) is 0.848. The minimum Gasteiger partial charge on any atom is -0.444 e. The lowest BCUT2D eigenvalue weighted by molar-refractivity contribution is 0.0530. The third kappa shape index (κ3) is 4.63. The molecule has 1 amide bonds. The summed E-state index contributed by atoms with van der Waals surface area (Å²) < 4.78 is 5.17. The highest BCUT2D eigenvalue weighted by Gasteiger charge is 2.15. The van der Waals surface area contributed by atoms with E-state index in [9.17, 15) is 4.79 Å². The minimum atomic E-state index is -0.477. The van der Waals surface area contributed by atoms with Crippen LogP contribution in [-0.2, 0) is 4.74 Å². The van der Waals surface area contributed by atoms with E-state index in [-0.39, 0.29) is 0 Å². The molecule has 1 aromatic carbocycles. The maximum absolute atomic E-state index is 11.5. The molecule has 0 fully saturated rings. The summed E-state index contributed by atoms with van der Waals surface area (Å²) in [5, 5.41) is 8.13. The number of nitrogens with zero attached hydrogens (tertiary/aromatic N) is 1. The van der Waals surface area contributed by atoms with Gasteiger partial charge in [-0.2, -0.15) is 0 Å². The van der Waals surface area contributed by atoms with E-state index in [0.29, 0.717) is 13.1 Å². The second-order valence-electron chi connectivity index (χ2n) is 5.74. The fraction of sp³-hybridized carbons (Fsp3) is 0.375. The van der Waals surface area contributed by atoms with E-state index in [0.717, 1.165) is 16.6 Å². The van der Waals surface area contributed by atoms with E-state index in [1.807, 2.05) is 51.1 Å². The van der Waals surface area contributed by atoms with Crippen LogP contribution in [0.25, 0.3) is 10.8 Å². The van der Waals surface area contributed by atoms with Crippen LogP contribution in [0, 0.1) is 0 Å². The zero-order chi connectivity index (χ0) is 15.3. The predicted octanol–water partition coefficient (Wildman–Crippen LogP) is 3.17. The van der Waals surface area contributed by atoms with Gasteiger partial charge in [-0.25, -0.2) is 9.78 Å². The smallest absolute Gasteiger partial charge is 0.407 e. The second kappa shape index (κ2) is 6.43. The van der Waals surface area contributed by atoms with E-state index in [1.165, 1.54) is 0 Å². The minimum absolute atomic E-state index is 0.407. The van der Waals surface area contributed by atoms with Crippen molar-refractivity contribution in [1.82, 2.24) is 10.3 Å². The number of hydrogen-bond acceptors (Lipinski definition) is 4. The van der Waals surface area contributed by atoms with Crippen molar-refractivity contribution in [2.75, 3.05) is 18.4 Å². The summed E-state index contributed by atoms with van der Waals surface area (Å²) in [6, 6.07) is 10.0. The highest BCUT2D eigenvalue weighted by Crippen LogP contribution is 2.19. The van der Waals surface area contributed by atoms with E-state index >= 15 is 0 Å². The van der Waals surface area contributed by atoms with E-state index in [2.05, 4.69) is 15.6 Å². The molecule has 5 nitrogen and oxygen atoms in total. The molecule has 0 unspecified atom stereocenters. The van der Waals surface area contributed by atoms with Crippen molar-refractivity contribution in [3.8, 4) is 0 Å². The van der Waals surface area contributed by atoms with Crippen LogP contribution in [0.4, 0.5) is 10.6 Å². The van der Waals surface area contributed by atoms with Crippen LogP contribution in [0.3, 0.4) is 0 Å². The molecule has 5 heteroatoms. The van der Waals surface area contributed by atoms with Gasteiger partial charge >= 0.3 is 6.09 Å². The van der Waals surface area contributed by atoms with Crippen molar-refractivity contribution in [1.29, 1.82) is 0 Å². The molecule has 0 saturated carbocycles. The van der Waals surface area contributed by atoms with Gasteiger partial charge in [0, 0.05) is 24.7 Å². The first kappa shape index (κ1) is 15.1. The van der Waals surface area contributed by atoms with Crippen LogP contribution < -0.4 is 10.6 Å². The fourth-order valence-electron chi connectivity index (χ4n) is 1.92. The van der Waals surface area contributed by atoms with Gasteiger partial charge in [-0.3, -0.25) is 0 Å². The van der Waals surface area contributed by atoms with Crippen LogP contribution >= 0.6 is 0 Å². The number of hydrogen-bond donors (Lipinski definition) is 2. The van der Waals surface area contributed by atoms with Crippen molar-refractivity contribution in [3.63, 3.8) is 0 Å². The number of nitrogens with one attached hydrogen (secondary N) is 2. The molecule has 1 aromatic heterocycles. The molecule has 0 spiro atoms. The molecule has 2 rings (SSSR count). The lowest BCUT2D eigenvalue weighted by Crippen LogP contribution is -2.35. The molecular weight excluding hydrogens is 266 g/mol. The molecule has 0 atom stereocenters. The number of benzene rings is 1. The molecule has 0 bridgehead atoms. The summed E-state index contributed by atoms with van der Waals surface area (Å²) in [6.45, 7) is 6.57. The molecule has 1 heterocycles. The maximum atomic E-state index is 11.5. The Kier molecular flexibility index (Phi) is 4.62. The largest absolute Gasteiger partial charge is 0.444 e. The fourth-order valence-corrected chi connectivity index (χ4v) is 1.92. The first-order valence-electron chi connectivity index (χ1n) is 7.00. The molecule has 0 saturated heterocycles. The van der Waals surface area contributed by atoms with Gasteiger partial charge in [0.15, 0.2) is 0 Å². The molecule has 0 aliphatic carbocycles. The van der Waals surface area contributed by atoms with Gasteiger partial charge in [-0.1, -0.05) is 24.3 Å². The third-order valence-corrected chi connectivity index (χ3v) is 2.76. The maximum Gasteiger partial charge on any atom is 0.407 e. The SMILES string of the molecule is CC(C)(C)OC(=O)NCCNc1nccc2ccccc12. The summed E-state index contributed by atoms with van der Waals surface area (Å²) in [7, 11) is 0. The van der Waals surface area contributed by atoms with Crippen LogP contribution in [0.1, 0.15) is 20.8 Å². The number of carbonyl (C=O) groups is 1. The number of amides is 1. The van der Waals surface area contributed by atoms with Gasteiger partial charge in [0.25, 0.3) is 0 Å². The number of rotatable bonds is 4. The summed E-state index contributed by atoms with van der Waals surface area (Å²) in [4.78, 5) is 15.8. The Balaban J connectivity index is 1.84.